The molecule has 0 atom stereocenters. The molecule has 1 heterocycles. The second-order valence-corrected chi connectivity index (χ2v) is 7.69. The summed E-state index contributed by atoms with van der Waals surface area (Å²) in [5, 5.41) is 12.4. The van der Waals surface area contributed by atoms with E-state index in [2.05, 4.69) is 40.6 Å². The quantitative estimate of drug-likeness (QED) is 0.582. The molecular formula is C22H26N4OS. The Hall–Kier alpha value is -2.60. The topological polar surface area (TPSA) is 59.8 Å². The number of aromatic nitrogens is 3. The Labute approximate surface area is 170 Å². The summed E-state index contributed by atoms with van der Waals surface area (Å²) in [5.74, 6) is 1.21. The number of amides is 1. The van der Waals surface area contributed by atoms with E-state index in [1.165, 1.54) is 17.3 Å². The lowest BCUT2D eigenvalue weighted by molar-refractivity contribution is -0.113. The van der Waals surface area contributed by atoms with Crippen LogP contribution in [0.5, 0.6) is 0 Å². The highest BCUT2D eigenvalue weighted by atomic mass is 32.2. The number of carbonyl (C=O) groups excluding carboxylic acids is 1. The first kappa shape index (κ1) is 20.1. The molecule has 0 unspecified atom stereocenters. The van der Waals surface area contributed by atoms with Crippen molar-refractivity contribution in [3.8, 4) is 0 Å². The maximum atomic E-state index is 12.4. The van der Waals surface area contributed by atoms with Crippen molar-refractivity contribution in [2.24, 2.45) is 7.05 Å². The molecule has 3 rings (SSSR count). The Morgan fingerprint density at radius 2 is 1.86 bits per heavy atom. The summed E-state index contributed by atoms with van der Waals surface area (Å²) < 4.78 is 1.98. The molecule has 0 bridgehead atoms. The number of hydrogen-bond donors (Lipinski definition) is 1. The van der Waals surface area contributed by atoms with Crippen LogP contribution in [-0.4, -0.2) is 26.4 Å². The molecule has 1 N–H and O–H groups in total. The molecule has 1 aromatic heterocycles. The number of thioether (sulfide) groups is 1. The fourth-order valence-electron chi connectivity index (χ4n) is 3.10. The Morgan fingerprint density at radius 1 is 1.07 bits per heavy atom. The highest BCUT2D eigenvalue weighted by Gasteiger charge is 2.13. The molecule has 2 aromatic carbocycles. The molecule has 0 aliphatic carbocycles. The normalized spacial score (nSPS) is 10.8. The van der Waals surface area contributed by atoms with Gasteiger partial charge in [-0.1, -0.05) is 67.2 Å². The molecule has 0 saturated carbocycles. The van der Waals surface area contributed by atoms with Crippen LogP contribution in [0.3, 0.4) is 0 Å². The zero-order chi connectivity index (χ0) is 19.9. The monoisotopic (exact) mass is 394 g/mol. The second kappa shape index (κ2) is 9.55. The number of rotatable bonds is 8. The van der Waals surface area contributed by atoms with Crippen LogP contribution in [-0.2, 0) is 31.1 Å². The molecule has 0 fully saturated rings. The van der Waals surface area contributed by atoms with Gasteiger partial charge in [-0.15, -0.1) is 10.2 Å². The van der Waals surface area contributed by atoms with Crippen LogP contribution in [0.4, 0.5) is 5.69 Å². The van der Waals surface area contributed by atoms with E-state index >= 15 is 0 Å². The van der Waals surface area contributed by atoms with Gasteiger partial charge in [0.2, 0.25) is 5.91 Å². The van der Waals surface area contributed by atoms with Gasteiger partial charge in [0.05, 0.1) is 5.75 Å². The minimum Gasteiger partial charge on any atom is -0.325 e. The zero-order valence-electron chi connectivity index (χ0n) is 16.6. The van der Waals surface area contributed by atoms with E-state index in [9.17, 15) is 4.79 Å². The molecule has 6 heteroatoms. The minimum atomic E-state index is -0.0252. The van der Waals surface area contributed by atoms with Gasteiger partial charge in [0.1, 0.15) is 5.82 Å². The van der Waals surface area contributed by atoms with E-state index in [1.807, 2.05) is 48.9 Å². The lowest BCUT2D eigenvalue weighted by atomic mass is 10.1. The summed E-state index contributed by atoms with van der Waals surface area (Å²) >= 11 is 1.41. The number of nitrogens with zero attached hydrogens (tertiary/aromatic N) is 3. The molecule has 3 aromatic rings. The third-order valence-electron chi connectivity index (χ3n) is 4.74. The number of hydrogen-bond acceptors (Lipinski definition) is 4. The van der Waals surface area contributed by atoms with Crippen LogP contribution in [0.2, 0.25) is 0 Å². The van der Waals surface area contributed by atoms with Crippen molar-refractivity contribution >= 4 is 23.4 Å². The van der Waals surface area contributed by atoms with Crippen molar-refractivity contribution in [1.82, 2.24) is 14.8 Å². The number of anilines is 1. The van der Waals surface area contributed by atoms with Crippen LogP contribution in [0.25, 0.3) is 0 Å². The molecule has 28 heavy (non-hydrogen) atoms. The molecule has 5 nitrogen and oxygen atoms in total. The van der Waals surface area contributed by atoms with Gasteiger partial charge < -0.3 is 9.88 Å². The van der Waals surface area contributed by atoms with Crippen LogP contribution < -0.4 is 5.32 Å². The summed E-state index contributed by atoms with van der Waals surface area (Å²) in [6.45, 7) is 4.11. The zero-order valence-corrected chi connectivity index (χ0v) is 17.4. The number of nitrogens with one attached hydrogen (secondary N) is 1. The third kappa shape index (κ3) is 5.01. The largest absolute Gasteiger partial charge is 0.325 e. The van der Waals surface area contributed by atoms with Gasteiger partial charge in [-0.05, 0) is 36.5 Å². The number of aryl methyl sites for hydroxylation is 4. The highest BCUT2D eigenvalue weighted by Crippen LogP contribution is 2.22. The molecule has 0 spiro atoms. The van der Waals surface area contributed by atoms with Crippen LogP contribution >= 0.6 is 11.8 Å². The number of benzene rings is 2. The number of para-hydroxylation sites is 1. The first-order chi connectivity index (χ1) is 13.6. The average Bonchev–Trinajstić information content (AvgIpc) is 3.06. The summed E-state index contributed by atoms with van der Waals surface area (Å²) in [6, 6.07) is 16.4. The van der Waals surface area contributed by atoms with E-state index in [1.54, 1.807) is 0 Å². The Balaban J connectivity index is 1.56. The lowest BCUT2D eigenvalue weighted by Crippen LogP contribution is -2.16. The second-order valence-electron chi connectivity index (χ2n) is 6.74. The molecule has 0 radical (unpaired) electrons. The molecule has 146 valence electrons. The van der Waals surface area contributed by atoms with Gasteiger partial charge in [0.15, 0.2) is 5.16 Å². The number of carbonyl (C=O) groups is 1. The van der Waals surface area contributed by atoms with Gasteiger partial charge >= 0.3 is 0 Å². The first-order valence-electron chi connectivity index (χ1n) is 9.51. The minimum absolute atomic E-state index is 0.0252. The van der Waals surface area contributed by atoms with Crippen molar-refractivity contribution < 1.29 is 4.79 Å². The van der Waals surface area contributed by atoms with Crippen LogP contribution in [0.1, 0.15) is 29.4 Å². The van der Waals surface area contributed by atoms with Crippen molar-refractivity contribution in [3.05, 3.63) is 71.0 Å². The maximum absolute atomic E-state index is 12.4. The maximum Gasteiger partial charge on any atom is 0.234 e. The Morgan fingerprint density at radius 3 is 2.61 bits per heavy atom. The first-order valence-corrected chi connectivity index (χ1v) is 10.5. The van der Waals surface area contributed by atoms with Crippen LogP contribution in [0.15, 0.2) is 53.7 Å². The van der Waals surface area contributed by atoms with E-state index in [-0.39, 0.29) is 5.91 Å². The van der Waals surface area contributed by atoms with E-state index in [0.29, 0.717) is 5.75 Å². The van der Waals surface area contributed by atoms with Gasteiger partial charge in [0, 0.05) is 19.2 Å². The van der Waals surface area contributed by atoms with Crippen molar-refractivity contribution in [3.63, 3.8) is 0 Å². The SMILES string of the molecule is CCc1cccc(C)c1NC(=O)CSc1nnc(CCc2ccccc2)n1C. The molecule has 0 saturated heterocycles. The summed E-state index contributed by atoms with van der Waals surface area (Å²) in [4.78, 5) is 12.4. The predicted molar refractivity (Wildman–Crippen MR) is 115 cm³/mol. The smallest absolute Gasteiger partial charge is 0.234 e. The average molecular weight is 395 g/mol. The predicted octanol–water partition coefficient (Wildman–Crippen LogP) is 4.20. The summed E-state index contributed by atoms with van der Waals surface area (Å²) in [5.41, 5.74) is 4.45. The van der Waals surface area contributed by atoms with Gasteiger partial charge in [-0.25, -0.2) is 0 Å². The molecule has 0 aliphatic heterocycles. The molecule has 1 amide bonds. The summed E-state index contributed by atoms with van der Waals surface area (Å²) in [7, 11) is 1.96. The third-order valence-corrected chi connectivity index (χ3v) is 5.76. The summed E-state index contributed by atoms with van der Waals surface area (Å²) in [6.07, 6.45) is 2.63. The van der Waals surface area contributed by atoms with Gasteiger partial charge in [-0.2, -0.15) is 0 Å². The van der Waals surface area contributed by atoms with Crippen molar-refractivity contribution in [1.29, 1.82) is 0 Å². The fourth-order valence-corrected chi connectivity index (χ4v) is 3.83. The molecule has 0 aliphatic rings. The van der Waals surface area contributed by atoms with Gasteiger partial charge in [-0.3, -0.25) is 4.79 Å². The fraction of sp³-hybridized carbons (Fsp3) is 0.318. The van der Waals surface area contributed by atoms with Crippen LogP contribution in [0, 0.1) is 6.92 Å². The Bertz CT molecular complexity index is 937. The van der Waals surface area contributed by atoms with Crippen molar-refractivity contribution in [2.45, 2.75) is 38.3 Å². The van der Waals surface area contributed by atoms with Crippen molar-refractivity contribution in [2.75, 3.05) is 11.1 Å². The van der Waals surface area contributed by atoms with E-state index in [4.69, 9.17) is 0 Å². The van der Waals surface area contributed by atoms with E-state index in [0.717, 1.165) is 47.1 Å². The Kier molecular flexibility index (Phi) is 6.87. The van der Waals surface area contributed by atoms with Gasteiger partial charge in [0.25, 0.3) is 0 Å². The highest BCUT2D eigenvalue weighted by molar-refractivity contribution is 7.99. The standard InChI is InChI=1S/C22H26N4OS/c1-4-18-12-8-9-16(2)21(18)23-20(27)15-28-22-25-24-19(26(22)3)14-13-17-10-6-5-7-11-17/h5-12H,4,13-15H2,1-3H3,(H,23,27). The van der Waals surface area contributed by atoms with E-state index < -0.39 is 0 Å². The molecular weight excluding hydrogens is 368 g/mol. The lowest BCUT2D eigenvalue weighted by Gasteiger charge is -2.12.